The van der Waals surface area contributed by atoms with Crippen LogP contribution < -0.4 is 16.0 Å². The number of nitrogens with one attached hydrogen (secondary N) is 1. The Bertz CT molecular complexity index is 659. The molecule has 0 radical (unpaired) electrons. The van der Waals surface area contributed by atoms with Crippen LogP contribution in [0.15, 0.2) is 18.2 Å². The van der Waals surface area contributed by atoms with Crippen molar-refractivity contribution in [1.29, 1.82) is 0 Å². The van der Waals surface area contributed by atoms with Crippen molar-refractivity contribution >= 4 is 68.1 Å². The smallest absolute Gasteiger partial charge is 0.269 e. The van der Waals surface area contributed by atoms with Gasteiger partial charge in [0.05, 0.1) is 5.69 Å². The molecular weight excluding hydrogens is 411 g/mol. The van der Waals surface area contributed by atoms with Gasteiger partial charge in [0, 0.05) is 22.7 Å². The Labute approximate surface area is 139 Å². The van der Waals surface area contributed by atoms with E-state index in [1.54, 1.807) is 18.2 Å². The lowest BCUT2D eigenvalue weighted by Crippen LogP contribution is -2.13. The van der Waals surface area contributed by atoms with Crippen molar-refractivity contribution in [1.82, 2.24) is 4.98 Å². The molecule has 1 heterocycles. The van der Waals surface area contributed by atoms with Crippen LogP contribution in [0.4, 0.5) is 16.6 Å². The van der Waals surface area contributed by atoms with E-state index in [0.717, 1.165) is 3.57 Å². The highest BCUT2D eigenvalue weighted by Crippen LogP contribution is 2.29. The Morgan fingerprint density at radius 2 is 2.20 bits per heavy atom. The van der Waals surface area contributed by atoms with Gasteiger partial charge in [0.25, 0.3) is 5.91 Å². The van der Waals surface area contributed by atoms with Crippen LogP contribution in [-0.2, 0) is 0 Å². The van der Waals surface area contributed by atoms with Crippen LogP contribution in [0.5, 0.6) is 0 Å². The average Bonchev–Trinajstić information content (AvgIpc) is 2.75. The molecule has 106 valence electrons. The summed E-state index contributed by atoms with van der Waals surface area (Å²) >= 11 is 9.25. The monoisotopic (exact) mass is 422 g/mol. The van der Waals surface area contributed by atoms with E-state index in [0.29, 0.717) is 20.7 Å². The molecule has 0 aliphatic carbocycles. The first-order chi connectivity index (χ1) is 9.38. The van der Waals surface area contributed by atoms with Gasteiger partial charge >= 0.3 is 0 Å². The number of amides is 1. The number of rotatable bonds is 3. The summed E-state index contributed by atoms with van der Waals surface area (Å²) in [5.41, 5.74) is 6.48. The zero-order valence-corrected chi connectivity index (χ0v) is 14.5. The fourth-order valence-electron chi connectivity index (χ4n) is 1.44. The molecule has 8 heteroatoms. The first kappa shape index (κ1) is 15.3. The molecule has 1 aromatic heterocycles. The number of aromatic nitrogens is 1. The zero-order chi connectivity index (χ0) is 14.9. The molecular formula is C12H12ClIN4OS. The maximum Gasteiger partial charge on any atom is 0.269 e. The van der Waals surface area contributed by atoms with Gasteiger partial charge in [0.2, 0.25) is 0 Å². The molecule has 3 N–H and O–H groups in total. The normalized spacial score (nSPS) is 10.4. The minimum atomic E-state index is -0.270. The molecule has 5 nitrogen and oxygen atoms in total. The highest BCUT2D eigenvalue weighted by atomic mass is 127. The van der Waals surface area contributed by atoms with Crippen LogP contribution >= 0.6 is 45.5 Å². The Balaban J connectivity index is 2.24. The standard InChI is InChI=1S/C12H12ClIN4OS/c1-18(2)12-17-10(15)9(20-12)11(19)16-8-4-3-6(13)5-7(8)14/h3-5H,15H2,1-2H3,(H,16,19). The fraction of sp³-hybridized carbons (Fsp3) is 0.167. The van der Waals surface area contributed by atoms with Crippen molar-refractivity contribution in [3.05, 3.63) is 31.7 Å². The van der Waals surface area contributed by atoms with Crippen LogP contribution in [0.3, 0.4) is 0 Å². The van der Waals surface area contributed by atoms with Gasteiger partial charge in [-0.2, -0.15) is 0 Å². The molecule has 1 aromatic carbocycles. The second-order valence-electron chi connectivity index (χ2n) is 4.18. The van der Waals surface area contributed by atoms with Crippen molar-refractivity contribution < 1.29 is 4.79 Å². The topological polar surface area (TPSA) is 71.2 Å². The van der Waals surface area contributed by atoms with Gasteiger partial charge in [-0.15, -0.1) is 0 Å². The minimum absolute atomic E-state index is 0.236. The first-order valence-corrected chi connectivity index (χ1v) is 7.86. The molecule has 20 heavy (non-hydrogen) atoms. The molecule has 0 spiro atoms. The van der Waals surface area contributed by atoms with Gasteiger partial charge in [-0.1, -0.05) is 22.9 Å². The summed E-state index contributed by atoms with van der Waals surface area (Å²) in [7, 11) is 3.70. The predicted octanol–water partition coefficient (Wildman–Crippen LogP) is 3.30. The summed E-state index contributed by atoms with van der Waals surface area (Å²) < 4.78 is 0.861. The number of thiazole rings is 1. The molecule has 2 rings (SSSR count). The third-order valence-corrected chi connectivity index (χ3v) is 4.78. The van der Waals surface area contributed by atoms with Gasteiger partial charge in [0.15, 0.2) is 5.13 Å². The number of anilines is 3. The summed E-state index contributed by atoms with van der Waals surface area (Å²) in [6.07, 6.45) is 0. The number of nitrogens with zero attached hydrogens (tertiary/aromatic N) is 2. The zero-order valence-electron chi connectivity index (χ0n) is 10.8. The number of carbonyl (C=O) groups excluding carboxylic acids is 1. The Morgan fingerprint density at radius 3 is 2.75 bits per heavy atom. The summed E-state index contributed by atoms with van der Waals surface area (Å²) in [4.78, 5) is 18.6. The second-order valence-corrected chi connectivity index (χ2v) is 6.76. The van der Waals surface area contributed by atoms with E-state index in [4.69, 9.17) is 17.3 Å². The van der Waals surface area contributed by atoms with Gasteiger partial charge in [-0.25, -0.2) is 4.98 Å². The summed E-state index contributed by atoms with van der Waals surface area (Å²) in [5.74, 6) is -0.0338. The number of nitrogen functional groups attached to an aromatic ring is 1. The number of benzene rings is 1. The molecule has 0 bridgehead atoms. The van der Waals surface area contributed by atoms with Crippen molar-refractivity contribution in [2.24, 2.45) is 0 Å². The summed E-state index contributed by atoms with van der Waals surface area (Å²) in [6, 6.07) is 5.26. The quantitative estimate of drug-likeness (QED) is 0.745. The lowest BCUT2D eigenvalue weighted by molar-refractivity contribution is 0.103. The molecule has 1 amide bonds. The highest BCUT2D eigenvalue weighted by molar-refractivity contribution is 14.1. The van der Waals surface area contributed by atoms with E-state index in [2.05, 4.69) is 32.9 Å². The number of hydrogen-bond donors (Lipinski definition) is 2. The van der Waals surface area contributed by atoms with Gasteiger partial charge in [-0.05, 0) is 40.8 Å². The molecule has 0 fully saturated rings. The van der Waals surface area contributed by atoms with Crippen LogP contribution in [0.25, 0.3) is 0 Å². The predicted molar refractivity (Wildman–Crippen MR) is 93.0 cm³/mol. The first-order valence-electron chi connectivity index (χ1n) is 5.58. The summed E-state index contributed by atoms with van der Waals surface area (Å²) in [6.45, 7) is 0. The van der Waals surface area contributed by atoms with Gasteiger partial charge in [-0.3, -0.25) is 4.79 Å². The summed E-state index contributed by atoms with van der Waals surface area (Å²) in [5, 5.41) is 4.13. The highest BCUT2D eigenvalue weighted by Gasteiger charge is 2.18. The van der Waals surface area contributed by atoms with Gasteiger partial charge < -0.3 is 16.0 Å². The maximum atomic E-state index is 12.2. The minimum Gasteiger partial charge on any atom is -0.382 e. The van der Waals surface area contributed by atoms with E-state index in [9.17, 15) is 4.79 Å². The number of halogens is 2. The molecule has 0 atom stereocenters. The third kappa shape index (κ3) is 3.33. The van der Waals surface area contributed by atoms with E-state index < -0.39 is 0 Å². The number of nitrogens with two attached hydrogens (primary N) is 1. The largest absolute Gasteiger partial charge is 0.382 e. The lowest BCUT2D eigenvalue weighted by Gasteiger charge is -2.07. The molecule has 0 saturated carbocycles. The van der Waals surface area contributed by atoms with E-state index >= 15 is 0 Å². The Hall–Kier alpha value is -1.06. The third-order valence-electron chi connectivity index (χ3n) is 2.41. The van der Waals surface area contributed by atoms with E-state index in [1.165, 1.54) is 11.3 Å². The fourth-order valence-corrected chi connectivity index (χ4v) is 3.25. The Kier molecular flexibility index (Phi) is 4.71. The number of hydrogen-bond acceptors (Lipinski definition) is 5. The molecule has 0 aliphatic rings. The van der Waals surface area contributed by atoms with Crippen molar-refractivity contribution in [3.8, 4) is 0 Å². The SMILES string of the molecule is CN(C)c1nc(N)c(C(=O)Nc2ccc(Cl)cc2I)s1. The van der Waals surface area contributed by atoms with E-state index in [1.807, 2.05) is 19.0 Å². The molecule has 0 aliphatic heterocycles. The second kappa shape index (κ2) is 6.15. The van der Waals surface area contributed by atoms with Crippen molar-refractivity contribution in [2.75, 3.05) is 30.0 Å². The van der Waals surface area contributed by atoms with E-state index in [-0.39, 0.29) is 11.7 Å². The molecule has 0 unspecified atom stereocenters. The van der Waals surface area contributed by atoms with Crippen molar-refractivity contribution in [3.63, 3.8) is 0 Å². The Morgan fingerprint density at radius 1 is 1.50 bits per heavy atom. The molecule has 2 aromatic rings. The number of carbonyl (C=O) groups is 1. The van der Waals surface area contributed by atoms with Crippen molar-refractivity contribution in [2.45, 2.75) is 0 Å². The lowest BCUT2D eigenvalue weighted by atomic mass is 10.3. The van der Waals surface area contributed by atoms with Crippen LogP contribution in [-0.4, -0.2) is 25.0 Å². The van der Waals surface area contributed by atoms with Crippen LogP contribution in [0.1, 0.15) is 9.67 Å². The maximum absolute atomic E-state index is 12.2. The average molecular weight is 423 g/mol. The van der Waals surface area contributed by atoms with Gasteiger partial charge in [0.1, 0.15) is 10.7 Å². The van der Waals surface area contributed by atoms with Crippen LogP contribution in [0.2, 0.25) is 5.02 Å². The molecule has 0 saturated heterocycles. The van der Waals surface area contributed by atoms with Crippen LogP contribution in [0, 0.1) is 3.57 Å².